The first-order valence-corrected chi connectivity index (χ1v) is 3.10. The van der Waals surface area contributed by atoms with Gasteiger partial charge in [-0.15, -0.1) is 0 Å². The summed E-state index contributed by atoms with van der Waals surface area (Å²) in [6.45, 7) is 0. The second-order valence-corrected chi connectivity index (χ2v) is 1.42. The van der Waals surface area contributed by atoms with Crippen LogP contribution in [-0.4, -0.2) is 21.9 Å². The van der Waals surface area contributed by atoms with Gasteiger partial charge in [0.1, 0.15) is 0 Å². The number of guanidine groups is 1. The van der Waals surface area contributed by atoms with E-state index in [-0.39, 0.29) is 5.96 Å². The Morgan fingerprint density at radius 2 is 2.11 bits per heavy atom. The SMILES string of the molecule is [CH2-]N(C)C(=N)N.[O]=[V][OH]. The molecule has 6 heteroatoms. The maximum absolute atomic E-state index is 8.58. The van der Waals surface area contributed by atoms with Crippen molar-refractivity contribution in [3.8, 4) is 0 Å². The molecule has 0 heterocycles. The van der Waals surface area contributed by atoms with Crippen LogP contribution < -0.4 is 5.73 Å². The van der Waals surface area contributed by atoms with Gasteiger partial charge >= 0.3 is 24.3 Å². The molecule has 54 valence electrons. The van der Waals surface area contributed by atoms with E-state index in [1.165, 1.54) is 4.90 Å². The maximum atomic E-state index is 8.58. The van der Waals surface area contributed by atoms with Crippen LogP contribution in [0, 0.1) is 12.5 Å². The van der Waals surface area contributed by atoms with Crippen molar-refractivity contribution in [2.24, 2.45) is 5.73 Å². The predicted molar refractivity (Wildman–Crippen MR) is 27.9 cm³/mol. The number of hydrogen-bond acceptors (Lipinski definition) is 2. The van der Waals surface area contributed by atoms with E-state index in [1.807, 2.05) is 0 Å². The Bertz CT molecular complexity index is 95.1. The fourth-order valence-electron chi connectivity index (χ4n) is 0. The zero-order chi connectivity index (χ0) is 7.86. The van der Waals surface area contributed by atoms with Gasteiger partial charge in [-0.25, -0.2) is 0 Å². The van der Waals surface area contributed by atoms with E-state index in [0.29, 0.717) is 0 Å². The van der Waals surface area contributed by atoms with Crippen LogP contribution in [0.3, 0.4) is 0 Å². The van der Waals surface area contributed by atoms with E-state index in [0.717, 1.165) is 0 Å². The zero-order valence-electron chi connectivity index (χ0n) is 5.03. The first-order valence-electron chi connectivity index (χ1n) is 1.91. The van der Waals surface area contributed by atoms with Crippen LogP contribution >= 0.6 is 0 Å². The number of nitrogens with zero attached hydrogens (tertiary/aromatic N) is 1. The molecule has 0 atom stereocenters. The van der Waals surface area contributed by atoms with E-state index in [9.17, 15) is 0 Å². The summed E-state index contributed by atoms with van der Waals surface area (Å²) in [5.74, 6) is -0.0185. The van der Waals surface area contributed by atoms with Crippen molar-refractivity contribution in [1.82, 2.24) is 4.90 Å². The van der Waals surface area contributed by atoms with E-state index in [4.69, 9.17) is 18.8 Å². The van der Waals surface area contributed by atoms with Gasteiger partial charge in [-0.1, -0.05) is 0 Å². The fourth-order valence-corrected chi connectivity index (χ4v) is 0. The van der Waals surface area contributed by atoms with Gasteiger partial charge in [0.05, 0.1) is 0 Å². The predicted octanol–water partition coefficient (Wildman–Crippen LogP) is -1.08. The van der Waals surface area contributed by atoms with Gasteiger partial charge in [0.15, 0.2) is 5.96 Å². The molecule has 0 saturated carbocycles. The molecule has 0 rings (SSSR count). The Labute approximate surface area is 61.0 Å². The summed E-state index contributed by atoms with van der Waals surface area (Å²) >= 11 is -1.56. The fraction of sp³-hybridized carbons (Fsp3) is 0.333. The monoisotopic (exact) mass is 170 g/mol. The van der Waals surface area contributed by atoms with Crippen LogP contribution in [0.1, 0.15) is 0 Å². The van der Waals surface area contributed by atoms with E-state index < -0.39 is 16.6 Å². The summed E-state index contributed by atoms with van der Waals surface area (Å²) in [6, 6.07) is 0. The Balaban J connectivity index is 0. The van der Waals surface area contributed by atoms with Gasteiger partial charge in [-0.3, -0.25) is 12.5 Å². The molecule has 0 aromatic heterocycles. The van der Waals surface area contributed by atoms with Gasteiger partial charge in [-0.05, 0) is 7.05 Å². The van der Waals surface area contributed by atoms with Gasteiger partial charge in [0.2, 0.25) is 0 Å². The normalized spacial score (nSPS) is 6.56. The summed E-state index contributed by atoms with van der Waals surface area (Å²) in [4.78, 5) is 1.28. The van der Waals surface area contributed by atoms with E-state index in [2.05, 4.69) is 7.05 Å². The van der Waals surface area contributed by atoms with Gasteiger partial charge in [0, 0.05) is 0 Å². The Morgan fingerprint density at radius 3 is 2.11 bits per heavy atom. The molecule has 0 aliphatic rings. The number of rotatable bonds is 0. The van der Waals surface area contributed by atoms with Crippen LogP contribution in [-0.2, 0) is 20.3 Å². The van der Waals surface area contributed by atoms with Crippen LogP contribution in [0.2, 0.25) is 0 Å². The summed E-state index contributed by atoms with van der Waals surface area (Å²) in [5.41, 5.74) is 4.88. The molecule has 0 unspecified atom stereocenters. The van der Waals surface area contributed by atoms with Crippen molar-refractivity contribution >= 4 is 5.96 Å². The first-order chi connectivity index (χ1) is 4.06. The molecule has 0 aromatic carbocycles. The molecule has 9 heavy (non-hydrogen) atoms. The van der Waals surface area contributed by atoms with E-state index in [1.54, 1.807) is 7.05 Å². The molecule has 0 aliphatic carbocycles. The van der Waals surface area contributed by atoms with Crippen molar-refractivity contribution in [3.05, 3.63) is 7.05 Å². The number of nitrogens with one attached hydrogen (secondary N) is 1. The molecular weight excluding hydrogens is 161 g/mol. The second-order valence-electron chi connectivity index (χ2n) is 1.16. The van der Waals surface area contributed by atoms with Crippen molar-refractivity contribution in [2.75, 3.05) is 7.05 Å². The molecule has 0 radical (unpaired) electrons. The number of nitrogens with two attached hydrogens (primary N) is 1. The van der Waals surface area contributed by atoms with Crippen LogP contribution in [0.15, 0.2) is 0 Å². The summed E-state index contributed by atoms with van der Waals surface area (Å²) in [5, 5.41) is 6.59. The topological polar surface area (TPSA) is 90.4 Å². The Morgan fingerprint density at radius 1 is 2.00 bits per heavy atom. The van der Waals surface area contributed by atoms with Gasteiger partial charge < -0.3 is 10.6 Å². The Kier molecular flexibility index (Phi) is 9.66. The zero-order valence-corrected chi connectivity index (χ0v) is 6.43. The minimum absolute atomic E-state index is 0.0185. The third kappa shape index (κ3) is 18.4. The van der Waals surface area contributed by atoms with Crippen molar-refractivity contribution in [1.29, 1.82) is 5.41 Å². The van der Waals surface area contributed by atoms with Crippen molar-refractivity contribution in [3.63, 3.8) is 0 Å². The molecule has 0 amide bonds. The molecule has 4 N–H and O–H groups in total. The molecular formula is C3H9N3O2V-. The van der Waals surface area contributed by atoms with Crippen LogP contribution in [0.5, 0.6) is 0 Å². The summed E-state index contributed by atoms with van der Waals surface area (Å²) in [6.07, 6.45) is 0. The van der Waals surface area contributed by atoms with Gasteiger partial charge in [0.25, 0.3) is 0 Å². The molecule has 0 aromatic rings. The van der Waals surface area contributed by atoms with Gasteiger partial charge in [-0.2, -0.15) is 0 Å². The molecule has 0 aliphatic heterocycles. The summed E-state index contributed by atoms with van der Waals surface area (Å²) in [7, 11) is 4.94. The molecule has 0 bridgehead atoms. The van der Waals surface area contributed by atoms with Crippen LogP contribution in [0.25, 0.3) is 0 Å². The summed E-state index contributed by atoms with van der Waals surface area (Å²) < 4.78 is 15.7. The first kappa shape index (κ1) is 11.4. The van der Waals surface area contributed by atoms with E-state index >= 15 is 0 Å². The standard InChI is InChI=1S/C3H8N3.H2O.O.V/c1-6(2)3(4)5;;;/h1H2,2H3,(H3,4,5);1H2;;/q-1;;;+1/p-1. The molecule has 5 nitrogen and oxygen atoms in total. The third-order valence-electron chi connectivity index (χ3n) is 0.411. The van der Waals surface area contributed by atoms with Crippen molar-refractivity contribution < 1.29 is 24.3 Å². The van der Waals surface area contributed by atoms with Crippen molar-refractivity contribution in [2.45, 2.75) is 0 Å². The second kappa shape index (κ2) is 7.61. The minimum atomic E-state index is -1.56. The average Bonchev–Trinajstić information content (AvgIpc) is 1.68. The number of hydrogen-bond donors (Lipinski definition) is 3. The Hall–Kier alpha value is -0.386. The quantitative estimate of drug-likeness (QED) is 0.245. The van der Waals surface area contributed by atoms with Crippen LogP contribution in [0.4, 0.5) is 0 Å². The molecule has 0 saturated heterocycles. The average molecular weight is 170 g/mol. The molecule has 0 spiro atoms. The molecule has 0 fully saturated rings. The third-order valence-corrected chi connectivity index (χ3v) is 0.411.